The van der Waals surface area contributed by atoms with Crippen molar-refractivity contribution in [2.24, 2.45) is 0 Å². The second-order valence-corrected chi connectivity index (χ2v) is 6.49. The number of benzene rings is 1. The van der Waals surface area contributed by atoms with Gasteiger partial charge >= 0.3 is 0 Å². The lowest BCUT2D eigenvalue weighted by molar-refractivity contribution is 0.0729. The van der Waals surface area contributed by atoms with Crippen LogP contribution in [0, 0.1) is 11.3 Å². The van der Waals surface area contributed by atoms with Crippen LogP contribution in [0.15, 0.2) is 21.0 Å². The minimum Gasteiger partial charge on any atom is -0.446 e. The standard InChI is InChI=1S/C16H16BrN3O2/c1-19(2)5-6-20-4-3-11-12(16(20)21)8-14-13(15(11)17)7-10(9-18)22-14/h7-8H,3-6H2,1-2H3. The van der Waals surface area contributed by atoms with Gasteiger partial charge in [-0.3, -0.25) is 4.79 Å². The first-order chi connectivity index (χ1) is 10.5. The molecule has 1 aliphatic rings. The quantitative estimate of drug-likeness (QED) is 0.842. The first kappa shape index (κ1) is 15.1. The molecule has 0 atom stereocenters. The Labute approximate surface area is 137 Å². The molecule has 2 heterocycles. The van der Waals surface area contributed by atoms with E-state index in [4.69, 9.17) is 9.68 Å². The number of carbonyl (C=O) groups excluding carboxylic acids is 1. The molecule has 114 valence electrons. The van der Waals surface area contributed by atoms with Crippen LogP contribution < -0.4 is 0 Å². The van der Waals surface area contributed by atoms with Gasteiger partial charge in [-0.1, -0.05) is 0 Å². The summed E-state index contributed by atoms with van der Waals surface area (Å²) in [6, 6.07) is 5.47. The molecule has 1 aromatic carbocycles. The monoisotopic (exact) mass is 361 g/mol. The van der Waals surface area contributed by atoms with Gasteiger partial charge in [-0.2, -0.15) is 5.26 Å². The number of likely N-dealkylation sites (N-methyl/N-ethyl adjacent to an activating group) is 1. The lowest BCUT2D eigenvalue weighted by Gasteiger charge is -2.30. The molecule has 0 spiro atoms. The summed E-state index contributed by atoms with van der Waals surface area (Å²) in [6.07, 6.45) is 0.804. The number of nitrogens with zero attached hydrogens (tertiary/aromatic N) is 3. The number of fused-ring (bicyclic) bond motifs is 2. The van der Waals surface area contributed by atoms with Gasteiger partial charge in [0.1, 0.15) is 11.7 Å². The number of halogens is 1. The van der Waals surface area contributed by atoms with E-state index in [1.165, 1.54) is 0 Å². The second kappa shape index (κ2) is 5.75. The molecule has 1 aromatic heterocycles. The Balaban J connectivity index is 2.01. The normalized spacial score (nSPS) is 14.5. The third-order valence-corrected chi connectivity index (χ3v) is 4.85. The average Bonchev–Trinajstić information content (AvgIpc) is 2.91. The number of hydrogen-bond acceptors (Lipinski definition) is 4. The highest BCUT2D eigenvalue weighted by Gasteiger charge is 2.28. The van der Waals surface area contributed by atoms with E-state index < -0.39 is 0 Å². The van der Waals surface area contributed by atoms with Crippen LogP contribution in [-0.4, -0.2) is 49.4 Å². The van der Waals surface area contributed by atoms with E-state index in [1.807, 2.05) is 25.1 Å². The predicted octanol–water partition coefficient (Wildman–Crippen LogP) is 2.63. The summed E-state index contributed by atoms with van der Waals surface area (Å²) in [7, 11) is 3.99. The van der Waals surface area contributed by atoms with Gasteiger partial charge in [-0.15, -0.1) is 0 Å². The van der Waals surface area contributed by atoms with E-state index in [0.717, 1.165) is 28.4 Å². The van der Waals surface area contributed by atoms with Crippen LogP contribution >= 0.6 is 15.9 Å². The van der Waals surface area contributed by atoms with Gasteiger partial charge in [0.05, 0.1) is 0 Å². The van der Waals surface area contributed by atoms with Crippen molar-refractivity contribution in [2.45, 2.75) is 6.42 Å². The Hall–Kier alpha value is -1.84. The SMILES string of the molecule is CN(C)CCN1CCc2c(cc3oc(C#N)cc3c2Br)C1=O. The first-order valence-electron chi connectivity index (χ1n) is 7.10. The van der Waals surface area contributed by atoms with Gasteiger partial charge in [-0.25, -0.2) is 0 Å². The molecule has 2 aromatic rings. The topological polar surface area (TPSA) is 60.5 Å². The highest BCUT2D eigenvalue weighted by Crippen LogP contribution is 2.35. The van der Waals surface area contributed by atoms with Crippen LogP contribution in [0.2, 0.25) is 0 Å². The van der Waals surface area contributed by atoms with Crippen molar-refractivity contribution in [1.82, 2.24) is 9.80 Å². The molecule has 0 bridgehead atoms. The van der Waals surface area contributed by atoms with Crippen LogP contribution in [0.5, 0.6) is 0 Å². The molecule has 1 aliphatic heterocycles. The molecular formula is C16H16BrN3O2. The smallest absolute Gasteiger partial charge is 0.254 e. The van der Waals surface area contributed by atoms with Gasteiger partial charge in [-0.05, 0) is 48.1 Å². The van der Waals surface area contributed by atoms with Crippen molar-refractivity contribution in [3.63, 3.8) is 0 Å². The molecule has 0 saturated carbocycles. The Morgan fingerprint density at radius 2 is 2.23 bits per heavy atom. The van der Waals surface area contributed by atoms with Crippen LogP contribution in [0.1, 0.15) is 21.7 Å². The van der Waals surface area contributed by atoms with Gasteiger partial charge < -0.3 is 14.2 Å². The van der Waals surface area contributed by atoms with Gasteiger partial charge in [0.25, 0.3) is 5.91 Å². The number of hydrogen-bond donors (Lipinski definition) is 0. The van der Waals surface area contributed by atoms with Crippen LogP contribution in [-0.2, 0) is 6.42 Å². The zero-order chi connectivity index (χ0) is 15.9. The van der Waals surface area contributed by atoms with Crippen molar-refractivity contribution in [1.29, 1.82) is 5.26 Å². The summed E-state index contributed by atoms with van der Waals surface area (Å²) in [5, 5.41) is 9.82. The number of nitriles is 1. The maximum Gasteiger partial charge on any atom is 0.254 e. The predicted molar refractivity (Wildman–Crippen MR) is 86.8 cm³/mol. The van der Waals surface area contributed by atoms with Gasteiger partial charge in [0.15, 0.2) is 0 Å². The van der Waals surface area contributed by atoms with E-state index in [9.17, 15) is 4.79 Å². The largest absolute Gasteiger partial charge is 0.446 e. The van der Waals surface area contributed by atoms with E-state index >= 15 is 0 Å². The lowest BCUT2D eigenvalue weighted by Crippen LogP contribution is -2.41. The van der Waals surface area contributed by atoms with E-state index in [0.29, 0.717) is 24.2 Å². The van der Waals surface area contributed by atoms with Crippen molar-refractivity contribution in [3.05, 3.63) is 33.5 Å². The second-order valence-electron chi connectivity index (χ2n) is 5.70. The fourth-order valence-electron chi connectivity index (χ4n) is 2.73. The van der Waals surface area contributed by atoms with Crippen LogP contribution in [0.3, 0.4) is 0 Å². The molecule has 0 fully saturated rings. The van der Waals surface area contributed by atoms with Crippen molar-refractivity contribution in [2.75, 3.05) is 33.7 Å². The molecule has 0 aliphatic carbocycles. The Kier molecular flexibility index (Phi) is 3.94. The third-order valence-electron chi connectivity index (χ3n) is 3.94. The summed E-state index contributed by atoms with van der Waals surface area (Å²) in [5.74, 6) is 0.288. The fourth-order valence-corrected chi connectivity index (χ4v) is 3.45. The Morgan fingerprint density at radius 3 is 2.91 bits per heavy atom. The summed E-state index contributed by atoms with van der Waals surface area (Å²) >= 11 is 3.57. The minimum absolute atomic E-state index is 0.0283. The van der Waals surface area contributed by atoms with Gasteiger partial charge in [0, 0.05) is 41.1 Å². The van der Waals surface area contributed by atoms with E-state index in [-0.39, 0.29) is 11.7 Å². The minimum atomic E-state index is 0.0283. The third kappa shape index (κ3) is 2.51. The molecule has 3 rings (SSSR count). The lowest BCUT2D eigenvalue weighted by atomic mass is 9.97. The average molecular weight is 362 g/mol. The number of carbonyl (C=O) groups is 1. The first-order valence-corrected chi connectivity index (χ1v) is 7.89. The number of rotatable bonds is 3. The van der Waals surface area contributed by atoms with Crippen LogP contribution in [0.4, 0.5) is 0 Å². The fraction of sp³-hybridized carbons (Fsp3) is 0.375. The molecule has 22 heavy (non-hydrogen) atoms. The maximum absolute atomic E-state index is 12.7. The van der Waals surface area contributed by atoms with E-state index in [1.54, 1.807) is 12.1 Å². The van der Waals surface area contributed by atoms with Crippen molar-refractivity contribution >= 4 is 32.8 Å². The van der Waals surface area contributed by atoms with Crippen molar-refractivity contribution < 1.29 is 9.21 Å². The van der Waals surface area contributed by atoms with Crippen LogP contribution in [0.25, 0.3) is 11.0 Å². The number of furan rings is 1. The highest BCUT2D eigenvalue weighted by molar-refractivity contribution is 9.10. The molecular weight excluding hydrogens is 346 g/mol. The summed E-state index contributed by atoms with van der Waals surface area (Å²) in [6.45, 7) is 2.26. The Morgan fingerprint density at radius 1 is 1.45 bits per heavy atom. The highest BCUT2D eigenvalue weighted by atomic mass is 79.9. The molecule has 5 nitrogen and oxygen atoms in total. The molecule has 6 heteroatoms. The maximum atomic E-state index is 12.7. The molecule has 0 N–H and O–H groups in total. The molecule has 0 radical (unpaired) electrons. The zero-order valence-corrected chi connectivity index (χ0v) is 14.1. The molecule has 1 amide bonds. The zero-order valence-electron chi connectivity index (χ0n) is 12.5. The summed E-state index contributed by atoms with van der Waals surface area (Å²) in [5.41, 5.74) is 2.25. The summed E-state index contributed by atoms with van der Waals surface area (Å²) in [4.78, 5) is 16.6. The van der Waals surface area contributed by atoms with Gasteiger partial charge in [0.2, 0.25) is 5.76 Å². The molecule has 0 saturated heterocycles. The van der Waals surface area contributed by atoms with Crippen molar-refractivity contribution in [3.8, 4) is 6.07 Å². The molecule has 0 unspecified atom stereocenters. The van der Waals surface area contributed by atoms with E-state index in [2.05, 4.69) is 20.8 Å². The Bertz CT molecular complexity index is 789. The summed E-state index contributed by atoms with van der Waals surface area (Å²) < 4.78 is 6.34. The number of amides is 1.